The molecule has 2 aromatic carbocycles. The summed E-state index contributed by atoms with van der Waals surface area (Å²) in [7, 11) is 0. The van der Waals surface area contributed by atoms with E-state index in [0.29, 0.717) is 25.8 Å². The Morgan fingerprint density at radius 3 is 2.53 bits per heavy atom. The number of aliphatic imine (C=N–C) groups is 1. The van der Waals surface area contributed by atoms with Crippen LogP contribution in [0.4, 0.5) is 0 Å². The van der Waals surface area contributed by atoms with Gasteiger partial charge in [-0.05, 0) is 48.6 Å². The average molecular weight is 544 g/mol. The third-order valence-electron chi connectivity index (χ3n) is 4.78. The Kier molecular flexibility index (Phi) is 11.5. The van der Waals surface area contributed by atoms with Crippen LogP contribution in [-0.4, -0.2) is 31.8 Å². The molecule has 164 valence electrons. The molecule has 0 radical (unpaired) electrons. The molecular weight excluding hydrogens is 513 g/mol. The molecule has 0 aromatic heterocycles. The molecule has 2 N–H and O–H groups in total. The Hall–Kier alpha value is -1.35. The lowest BCUT2D eigenvalue weighted by molar-refractivity contribution is -0.0390. The number of hydrogen-bond donors (Lipinski definition) is 2. The lowest BCUT2D eigenvalue weighted by atomic mass is 10.1. The average Bonchev–Trinajstić information content (AvgIpc) is 2.76. The first-order valence-corrected chi connectivity index (χ1v) is 10.6. The van der Waals surface area contributed by atoms with Crippen molar-refractivity contribution in [2.24, 2.45) is 4.99 Å². The molecule has 1 heterocycles. The second kappa shape index (κ2) is 13.9. The Bertz CT molecular complexity index is 780. The SMILES string of the molecule is CCNC(=NCc1cccc(COC2CCOCC2)c1)NCc1ccc(Cl)cc1.I. The van der Waals surface area contributed by atoms with Gasteiger partial charge >= 0.3 is 0 Å². The molecule has 0 saturated carbocycles. The van der Waals surface area contributed by atoms with Gasteiger partial charge in [0.05, 0.1) is 19.3 Å². The first kappa shape index (κ1) is 24.9. The third-order valence-corrected chi connectivity index (χ3v) is 5.03. The van der Waals surface area contributed by atoms with Gasteiger partial charge in [-0.1, -0.05) is 48.0 Å². The van der Waals surface area contributed by atoms with Crippen LogP contribution in [0, 0.1) is 0 Å². The second-order valence-corrected chi connectivity index (χ2v) is 7.55. The van der Waals surface area contributed by atoms with Gasteiger partial charge in [0.15, 0.2) is 5.96 Å². The number of guanidine groups is 1. The highest BCUT2D eigenvalue weighted by Crippen LogP contribution is 2.15. The zero-order valence-corrected chi connectivity index (χ0v) is 20.5. The van der Waals surface area contributed by atoms with E-state index in [1.54, 1.807) is 0 Å². The minimum absolute atomic E-state index is 0. The number of nitrogens with one attached hydrogen (secondary N) is 2. The molecule has 1 saturated heterocycles. The normalized spacial score (nSPS) is 14.8. The van der Waals surface area contributed by atoms with Gasteiger partial charge < -0.3 is 20.1 Å². The minimum atomic E-state index is 0. The number of benzene rings is 2. The van der Waals surface area contributed by atoms with Gasteiger partial charge in [-0.25, -0.2) is 4.99 Å². The molecule has 0 amide bonds. The minimum Gasteiger partial charge on any atom is -0.381 e. The van der Waals surface area contributed by atoms with Crippen LogP contribution in [0.5, 0.6) is 0 Å². The summed E-state index contributed by atoms with van der Waals surface area (Å²) in [6.45, 7) is 6.42. The van der Waals surface area contributed by atoms with Crippen molar-refractivity contribution in [3.05, 3.63) is 70.2 Å². The number of rotatable bonds is 8. The van der Waals surface area contributed by atoms with E-state index in [4.69, 9.17) is 26.1 Å². The summed E-state index contributed by atoms with van der Waals surface area (Å²) >= 11 is 5.95. The summed E-state index contributed by atoms with van der Waals surface area (Å²) in [4.78, 5) is 4.72. The fraction of sp³-hybridized carbons (Fsp3) is 0.435. The van der Waals surface area contributed by atoms with E-state index in [1.807, 2.05) is 24.3 Å². The fourth-order valence-corrected chi connectivity index (χ4v) is 3.30. The van der Waals surface area contributed by atoms with Crippen molar-refractivity contribution in [3.63, 3.8) is 0 Å². The number of nitrogens with zero attached hydrogens (tertiary/aromatic N) is 1. The van der Waals surface area contributed by atoms with E-state index < -0.39 is 0 Å². The van der Waals surface area contributed by atoms with Crippen LogP contribution in [-0.2, 0) is 29.2 Å². The highest BCUT2D eigenvalue weighted by atomic mass is 127. The van der Waals surface area contributed by atoms with Gasteiger partial charge in [0.1, 0.15) is 0 Å². The Balaban J connectivity index is 0.00000320. The zero-order valence-electron chi connectivity index (χ0n) is 17.4. The molecule has 0 spiro atoms. The summed E-state index contributed by atoms with van der Waals surface area (Å²) in [5, 5.41) is 7.41. The van der Waals surface area contributed by atoms with Crippen LogP contribution in [0.2, 0.25) is 5.02 Å². The molecule has 30 heavy (non-hydrogen) atoms. The van der Waals surface area contributed by atoms with Crippen LogP contribution in [0.15, 0.2) is 53.5 Å². The molecule has 1 aliphatic rings. The maximum Gasteiger partial charge on any atom is 0.191 e. The molecule has 5 nitrogen and oxygen atoms in total. The molecule has 0 bridgehead atoms. The summed E-state index contributed by atoms with van der Waals surface area (Å²) in [5.74, 6) is 0.798. The number of halogens is 2. The summed E-state index contributed by atoms with van der Waals surface area (Å²) in [5.41, 5.74) is 3.51. The van der Waals surface area contributed by atoms with Crippen LogP contribution in [0.25, 0.3) is 0 Å². The van der Waals surface area contributed by atoms with E-state index in [1.165, 1.54) is 11.1 Å². The number of hydrogen-bond acceptors (Lipinski definition) is 3. The van der Waals surface area contributed by atoms with Crippen molar-refractivity contribution in [2.75, 3.05) is 19.8 Å². The first-order valence-electron chi connectivity index (χ1n) is 10.3. The van der Waals surface area contributed by atoms with Crippen molar-refractivity contribution in [1.82, 2.24) is 10.6 Å². The molecular formula is C23H31ClIN3O2. The predicted octanol–water partition coefficient (Wildman–Crippen LogP) is 4.91. The van der Waals surface area contributed by atoms with Gasteiger partial charge in [-0.3, -0.25) is 0 Å². The maximum atomic E-state index is 6.03. The van der Waals surface area contributed by atoms with E-state index in [9.17, 15) is 0 Å². The third kappa shape index (κ3) is 8.79. The Morgan fingerprint density at radius 1 is 1.07 bits per heavy atom. The van der Waals surface area contributed by atoms with Crippen LogP contribution >= 0.6 is 35.6 Å². The molecule has 3 rings (SSSR count). The quantitative estimate of drug-likeness (QED) is 0.282. The van der Waals surface area contributed by atoms with E-state index in [2.05, 4.69) is 41.8 Å². The van der Waals surface area contributed by atoms with Gasteiger partial charge in [0.25, 0.3) is 0 Å². The van der Waals surface area contributed by atoms with Crippen molar-refractivity contribution >= 4 is 41.5 Å². The second-order valence-electron chi connectivity index (χ2n) is 7.12. The monoisotopic (exact) mass is 543 g/mol. The maximum absolute atomic E-state index is 6.03. The molecule has 7 heteroatoms. The lowest BCUT2D eigenvalue weighted by Crippen LogP contribution is -2.36. The zero-order chi connectivity index (χ0) is 20.3. The molecule has 0 atom stereocenters. The van der Waals surface area contributed by atoms with Crippen molar-refractivity contribution in [3.8, 4) is 0 Å². The van der Waals surface area contributed by atoms with Crippen LogP contribution in [0.1, 0.15) is 36.5 Å². The van der Waals surface area contributed by atoms with Gasteiger partial charge in [0, 0.05) is 31.3 Å². The van der Waals surface area contributed by atoms with E-state index in [-0.39, 0.29) is 24.0 Å². The standard InChI is InChI=1S/C23H30ClN3O2.HI/c1-2-25-23(26-15-18-6-8-21(24)9-7-18)27-16-19-4-3-5-20(14-19)17-29-22-10-12-28-13-11-22;/h3-9,14,22H,2,10-13,15-17H2,1H3,(H2,25,26,27);1H. The van der Waals surface area contributed by atoms with Crippen molar-refractivity contribution < 1.29 is 9.47 Å². The van der Waals surface area contributed by atoms with Crippen molar-refractivity contribution in [2.45, 2.75) is 45.6 Å². The highest BCUT2D eigenvalue weighted by Gasteiger charge is 2.14. The molecule has 0 unspecified atom stereocenters. The topological polar surface area (TPSA) is 54.9 Å². The summed E-state index contributed by atoms with van der Waals surface area (Å²) in [6.07, 6.45) is 2.27. The van der Waals surface area contributed by atoms with Gasteiger partial charge in [-0.15, -0.1) is 24.0 Å². The predicted molar refractivity (Wildman–Crippen MR) is 134 cm³/mol. The largest absolute Gasteiger partial charge is 0.381 e. The molecule has 1 fully saturated rings. The molecule has 1 aliphatic heterocycles. The van der Waals surface area contributed by atoms with Crippen molar-refractivity contribution in [1.29, 1.82) is 0 Å². The Morgan fingerprint density at radius 2 is 1.80 bits per heavy atom. The molecule has 0 aliphatic carbocycles. The van der Waals surface area contributed by atoms with Crippen LogP contribution in [0.3, 0.4) is 0 Å². The lowest BCUT2D eigenvalue weighted by Gasteiger charge is -2.22. The Labute approximate surface area is 201 Å². The first-order chi connectivity index (χ1) is 14.2. The van der Waals surface area contributed by atoms with E-state index in [0.717, 1.165) is 49.1 Å². The van der Waals surface area contributed by atoms with Gasteiger partial charge in [0.2, 0.25) is 0 Å². The molecule has 2 aromatic rings. The van der Waals surface area contributed by atoms with Crippen LogP contribution < -0.4 is 10.6 Å². The number of ether oxygens (including phenoxy) is 2. The summed E-state index contributed by atoms with van der Waals surface area (Å²) < 4.78 is 11.4. The van der Waals surface area contributed by atoms with Gasteiger partial charge in [-0.2, -0.15) is 0 Å². The summed E-state index contributed by atoms with van der Waals surface area (Å²) in [6, 6.07) is 16.3. The fourth-order valence-electron chi connectivity index (χ4n) is 3.17. The highest BCUT2D eigenvalue weighted by molar-refractivity contribution is 14.0. The smallest absolute Gasteiger partial charge is 0.191 e. The van der Waals surface area contributed by atoms with E-state index >= 15 is 0 Å².